The maximum atomic E-state index is 10.6. The van der Waals surface area contributed by atoms with E-state index in [0.29, 0.717) is 0 Å². The van der Waals surface area contributed by atoms with E-state index in [0.717, 1.165) is 18.7 Å². The molecule has 0 aromatic heterocycles. The zero-order chi connectivity index (χ0) is 12.1. The van der Waals surface area contributed by atoms with Crippen LogP contribution in [0, 0.1) is 0 Å². The van der Waals surface area contributed by atoms with E-state index in [1.165, 1.54) is 31.4 Å². The molecule has 0 radical (unpaired) electrons. The summed E-state index contributed by atoms with van der Waals surface area (Å²) in [4.78, 5) is 10.6. The summed E-state index contributed by atoms with van der Waals surface area (Å²) >= 11 is 0. The number of hydrazone groups is 1. The number of piperidine rings is 1. The number of carboxylic acid groups (broad SMARTS) is 1. The first kappa shape index (κ1) is 11.6. The largest absolute Gasteiger partial charge is 0.545 e. The lowest BCUT2D eigenvalue weighted by molar-refractivity contribution is -0.255. The van der Waals surface area contributed by atoms with E-state index >= 15 is 0 Å². The van der Waals surface area contributed by atoms with E-state index in [-0.39, 0.29) is 5.56 Å². The predicted molar refractivity (Wildman–Crippen MR) is 63.8 cm³/mol. The molecule has 0 unspecified atom stereocenters. The maximum Gasteiger partial charge on any atom is 0.0715 e. The Morgan fingerprint density at radius 3 is 2.41 bits per heavy atom. The minimum Gasteiger partial charge on any atom is -0.545 e. The molecule has 1 aromatic rings. The Morgan fingerprint density at radius 1 is 1.18 bits per heavy atom. The van der Waals surface area contributed by atoms with Crippen LogP contribution in [0.1, 0.15) is 35.2 Å². The van der Waals surface area contributed by atoms with E-state index < -0.39 is 5.97 Å². The fourth-order valence-electron chi connectivity index (χ4n) is 1.85. The minimum atomic E-state index is -1.15. The Bertz CT molecular complexity index is 406. The molecule has 1 heterocycles. The number of hydrogen-bond donors (Lipinski definition) is 0. The molecule has 0 aliphatic carbocycles. The van der Waals surface area contributed by atoms with Gasteiger partial charge in [-0.25, -0.2) is 0 Å². The van der Waals surface area contributed by atoms with Crippen LogP contribution in [0.4, 0.5) is 0 Å². The van der Waals surface area contributed by atoms with Gasteiger partial charge in [-0.15, -0.1) is 0 Å². The number of rotatable bonds is 3. The van der Waals surface area contributed by atoms with Gasteiger partial charge in [0.25, 0.3) is 0 Å². The van der Waals surface area contributed by atoms with Crippen molar-refractivity contribution in [2.75, 3.05) is 13.1 Å². The van der Waals surface area contributed by atoms with E-state index in [4.69, 9.17) is 0 Å². The van der Waals surface area contributed by atoms with Crippen molar-refractivity contribution in [3.8, 4) is 0 Å². The highest BCUT2D eigenvalue weighted by atomic mass is 16.4. The third-order valence-corrected chi connectivity index (χ3v) is 2.85. The van der Waals surface area contributed by atoms with E-state index in [9.17, 15) is 9.90 Å². The summed E-state index contributed by atoms with van der Waals surface area (Å²) in [6.45, 7) is 2.02. The number of carboxylic acids is 1. The molecule has 1 aliphatic heterocycles. The number of hydrogen-bond acceptors (Lipinski definition) is 4. The molecule has 0 atom stereocenters. The molecule has 90 valence electrons. The Hall–Kier alpha value is -1.84. The highest BCUT2D eigenvalue weighted by Crippen LogP contribution is 2.09. The minimum absolute atomic E-state index is 0.195. The Balaban J connectivity index is 1.98. The first-order chi connectivity index (χ1) is 8.25. The molecule has 1 fully saturated rings. The second-order valence-corrected chi connectivity index (χ2v) is 4.17. The van der Waals surface area contributed by atoms with Gasteiger partial charge in [0.2, 0.25) is 0 Å². The first-order valence-electron chi connectivity index (χ1n) is 5.86. The third kappa shape index (κ3) is 3.31. The van der Waals surface area contributed by atoms with Crippen LogP contribution in [-0.4, -0.2) is 30.3 Å². The quantitative estimate of drug-likeness (QED) is 0.725. The van der Waals surface area contributed by atoms with Crippen molar-refractivity contribution in [1.29, 1.82) is 0 Å². The highest BCUT2D eigenvalue weighted by Gasteiger charge is 2.05. The van der Waals surface area contributed by atoms with Gasteiger partial charge in [0.15, 0.2) is 0 Å². The smallest absolute Gasteiger partial charge is 0.0715 e. The summed E-state index contributed by atoms with van der Waals surface area (Å²) in [5.41, 5.74) is 1.10. The lowest BCUT2D eigenvalue weighted by Crippen LogP contribution is -2.24. The average molecular weight is 231 g/mol. The van der Waals surface area contributed by atoms with Crippen molar-refractivity contribution >= 4 is 12.2 Å². The van der Waals surface area contributed by atoms with Gasteiger partial charge in [-0.05, 0) is 30.4 Å². The third-order valence-electron chi connectivity index (χ3n) is 2.85. The van der Waals surface area contributed by atoms with E-state index in [1.807, 2.05) is 0 Å². The van der Waals surface area contributed by atoms with Crippen LogP contribution in [0.15, 0.2) is 29.4 Å². The molecule has 0 bridgehead atoms. The van der Waals surface area contributed by atoms with Crippen LogP contribution in [-0.2, 0) is 0 Å². The summed E-state index contributed by atoms with van der Waals surface area (Å²) in [7, 11) is 0. The van der Waals surface area contributed by atoms with Crippen molar-refractivity contribution < 1.29 is 9.90 Å². The molecule has 0 saturated carbocycles. The lowest BCUT2D eigenvalue weighted by atomic mass is 10.1. The van der Waals surface area contributed by atoms with Gasteiger partial charge in [0.1, 0.15) is 0 Å². The van der Waals surface area contributed by atoms with Crippen molar-refractivity contribution in [2.24, 2.45) is 5.10 Å². The molecular weight excluding hydrogens is 216 g/mol. The number of aromatic carboxylic acids is 1. The van der Waals surface area contributed by atoms with Gasteiger partial charge >= 0.3 is 0 Å². The Kier molecular flexibility index (Phi) is 3.75. The van der Waals surface area contributed by atoms with Crippen molar-refractivity contribution in [3.63, 3.8) is 0 Å². The van der Waals surface area contributed by atoms with Gasteiger partial charge in [0.05, 0.1) is 12.2 Å². The molecular formula is C13H15N2O2-. The van der Waals surface area contributed by atoms with E-state index in [2.05, 4.69) is 10.1 Å². The standard InChI is InChI=1S/C13H16N2O2/c16-13(17)12-6-4-11(5-7-12)10-14-15-8-2-1-3-9-15/h4-7,10H,1-3,8-9H2,(H,16,17)/p-1/b14-10-. The molecule has 17 heavy (non-hydrogen) atoms. The van der Waals surface area contributed by atoms with Crippen molar-refractivity contribution in [3.05, 3.63) is 35.4 Å². The molecule has 0 N–H and O–H groups in total. The van der Waals surface area contributed by atoms with Gasteiger partial charge in [-0.2, -0.15) is 5.10 Å². The molecule has 1 aromatic carbocycles. The van der Waals surface area contributed by atoms with Crippen LogP contribution in [0.5, 0.6) is 0 Å². The number of carbonyl (C=O) groups excluding carboxylic acids is 1. The van der Waals surface area contributed by atoms with Crippen molar-refractivity contribution in [1.82, 2.24) is 5.01 Å². The topological polar surface area (TPSA) is 55.7 Å². The van der Waals surface area contributed by atoms with Crippen molar-refractivity contribution in [2.45, 2.75) is 19.3 Å². The fourth-order valence-corrected chi connectivity index (χ4v) is 1.85. The predicted octanol–water partition coefficient (Wildman–Crippen LogP) is 0.870. The summed E-state index contributed by atoms with van der Waals surface area (Å²) in [6.07, 6.45) is 5.44. The Labute approximate surface area is 101 Å². The molecule has 1 aliphatic rings. The highest BCUT2D eigenvalue weighted by molar-refractivity contribution is 5.87. The molecule has 1 saturated heterocycles. The van der Waals surface area contributed by atoms with Gasteiger partial charge in [-0.1, -0.05) is 24.3 Å². The number of benzene rings is 1. The molecule has 0 spiro atoms. The van der Waals surface area contributed by atoms with Gasteiger partial charge in [0, 0.05) is 13.1 Å². The second-order valence-electron chi connectivity index (χ2n) is 4.17. The summed E-state index contributed by atoms with van der Waals surface area (Å²) in [5.74, 6) is -1.15. The summed E-state index contributed by atoms with van der Waals surface area (Å²) < 4.78 is 0. The molecule has 0 amide bonds. The maximum absolute atomic E-state index is 10.6. The van der Waals surface area contributed by atoms with Crippen LogP contribution in [0.3, 0.4) is 0 Å². The number of nitrogens with zero attached hydrogens (tertiary/aromatic N) is 2. The van der Waals surface area contributed by atoms with Gasteiger partial charge < -0.3 is 9.90 Å². The molecule has 4 nitrogen and oxygen atoms in total. The average Bonchev–Trinajstić information content (AvgIpc) is 2.38. The molecule has 4 heteroatoms. The summed E-state index contributed by atoms with van der Waals surface area (Å²) in [6, 6.07) is 6.54. The number of carbonyl (C=O) groups is 1. The van der Waals surface area contributed by atoms with Crippen LogP contribution in [0.25, 0.3) is 0 Å². The second kappa shape index (κ2) is 5.48. The lowest BCUT2D eigenvalue weighted by Gasteiger charge is -2.23. The van der Waals surface area contributed by atoms with Crippen LogP contribution < -0.4 is 5.11 Å². The zero-order valence-corrected chi connectivity index (χ0v) is 9.63. The zero-order valence-electron chi connectivity index (χ0n) is 9.63. The van der Waals surface area contributed by atoms with E-state index in [1.54, 1.807) is 18.3 Å². The monoisotopic (exact) mass is 231 g/mol. The summed E-state index contributed by atoms with van der Waals surface area (Å²) in [5, 5.41) is 17.0. The van der Waals surface area contributed by atoms with Crippen LogP contribution in [0.2, 0.25) is 0 Å². The SMILES string of the molecule is O=C([O-])c1ccc(/C=N\N2CCCCC2)cc1. The van der Waals surface area contributed by atoms with Gasteiger partial charge in [-0.3, -0.25) is 5.01 Å². The fraction of sp³-hybridized carbons (Fsp3) is 0.385. The molecule has 2 rings (SSSR count). The Morgan fingerprint density at radius 2 is 1.82 bits per heavy atom. The normalized spacial score (nSPS) is 16.4. The first-order valence-corrected chi connectivity index (χ1v) is 5.86. The van der Waals surface area contributed by atoms with Crippen LogP contribution >= 0.6 is 0 Å².